The van der Waals surface area contributed by atoms with Crippen molar-refractivity contribution in [2.45, 2.75) is 0 Å². The van der Waals surface area contributed by atoms with Crippen LogP contribution >= 0.6 is 22.6 Å². The van der Waals surface area contributed by atoms with Crippen molar-refractivity contribution in [3.63, 3.8) is 0 Å². The molecule has 0 aromatic carbocycles. The Morgan fingerprint density at radius 1 is 1.23 bits per heavy atom. The molecule has 0 heterocycles. The van der Waals surface area contributed by atoms with Crippen LogP contribution in [-0.4, -0.2) is 58.5 Å². The number of hydrogen-bond donors (Lipinski definition) is 2. The number of nitrogens with zero attached hydrogens (tertiary/aromatic N) is 1. The van der Waals surface area contributed by atoms with Gasteiger partial charge >= 0.3 is 0 Å². The second-order valence-corrected chi connectivity index (χ2v) is 3.22. The van der Waals surface area contributed by atoms with Crippen molar-refractivity contribution in [2.24, 2.45) is 0 Å². The van der Waals surface area contributed by atoms with E-state index in [1.54, 1.807) is 22.6 Å². The maximum atomic E-state index is 10.9. The Bertz CT molecular complexity index is 144. The minimum absolute atomic E-state index is 0.0157. The quantitative estimate of drug-likeness (QED) is 0.297. The zero-order chi connectivity index (χ0) is 10.1. The van der Waals surface area contributed by atoms with Crippen molar-refractivity contribution in [1.29, 1.82) is 0 Å². The number of ether oxygens (including phenoxy) is 1. The molecular formula is C7H14INO4. The Hall–Kier alpha value is 0.0800. The molecule has 0 fully saturated rings. The van der Waals surface area contributed by atoms with E-state index in [4.69, 9.17) is 14.9 Å². The van der Waals surface area contributed by atoms with Gasteiger partial charge in [0.25, 0.3) is 3.91 Å². The number of amides is 1. The highest BCUT2D eigenvalue weighted by atomic mass is 127. The van der Waals surface area contributed by atoms with E-state index >= 15 is 0 Å². The first-order valence-corrected chi connectivity index (χ1v) is 5.04. The summed E-state index contributed by atoms with van der Waals surface area (Å²) in [5, 5.41) is 17.0. The molecule has 0 aliphatic carbocycles. The van der Waals surface area contributed by atoms with Crippen LogP contribution in [0.2, 0.25) is 0 Å². The van der Waals surface area contributed by atoms with Crippen LogP contribution in [0.15, 0.2) is 0 Å². The molecule has 1 amide bonds. The normalized spacial score (nSPS) is 10.1. The van der Waals surface area contributed by atoms with Crippen LogP contribution in [-0.2, 0) is 4.74 Å². The lowest BCUT2D eigenvalue weighted by Gasteiger charge is -2.18. The fourth-order valence-corrected chi connectivity index (χ4v) is 1.23. The molecule has 0 atom stereocenters. The van der Waals surface area contributed by atoms with Crippen LogP contribution in [0.1, 0.15) is 0 Å². The highest BCUT2D eigenvalue weighted by Gasteiger charge is 2.07. The summed E-state index contributed by atoms with van der Waals surface area (Å²) in [6, 6.07) is 0. The second-order valence-electron chi connectivity index (χ2n) is 2.30. The van der Waals surface area contributed by atoms with Crippen LogP contribution in [0, 0.1) is 0 Å². The number of aliphatic hydroxyl groups is 2. The highest BCUT2D eigenvalue weighted by molar-refractivity contribution is 14.1. The van der Waals surface area contributed by atoms with Crippen LogP contribution in [0.25, 0.3) is 0 Å². The third-order valence-electron chi connectivity index (χ3n) is 1.36. The van der Waals surface area contributed by atoms with Crippen molar-refractivity contribution in [3.8, 4) is 0 Å². The minimum atomic E-state index is -0.112. The molecule has 0 aliphatic rings. The van der Waals surface area contributed by atoms with Gasteiger partial charge in [-0.25, -0.2) is 0 Å². The number of aliphatic hydroxyl groups excluding tert-OH is 2. The van der Waals surface area contributed by atoms with Crippen LogP contribution in [0.5, 0.6) is 0 Å². The van der Waals surface area contributed by atoms with Gasteiger partial charge < -0.3 is 19.8 Å². The molecule has 0 aromatic rings. The van der Waals surface area contributed by atoms with Gasteiger partial charge in [0.1, 0.15) is 0 Å². The number of hydrogen-bond acceptors (Lipinski definition) is 4. The van der Waals surface area contributed by atoms with Crippen molar-refractivity contribution in [3.05, 3.63) is 0 Å². The Balaban J connectivity index is 3.51. The molecule has 0 saturated heterocycles. The summed E-state index contributed by atoms with van der Waals surface area (Å²) in [6.07, 6.45) is 0. The molecule has 2 N–H and O–H groups in total. The van der Waals surface area contributed by atoms with Crippen molar-refractivity contribution < 1.29 is 19.7 Å². The van der Waals surface area contributed by atoms with E-state index in [1.807, 2.05) is 0 Å². The van der Waals surface area contributed by atoms with E-state index in [1.165, 1.54) is 4.90 Å². The van der Waals surface area contributed by atoms with Crippen molar-refractivity contribution >= 4 is 26.5 Å². The van der Waals surface area contributed by atoms with Gasteiger partial charge in [-0.1, -0.05) is 0 Å². The summed E-state index contributed by atoms with van der Waals surface area (Å²) >= 11 is 1.66. The molecule has 78 valence electrons. The predicted octanol–water partition coefficient (Wildman–Crippen LogP) is -0.155. The Labute approximate surface area is 90.8 Å². The van der Waals surface area contributed by atoms with E-state index in [9.17, 15) is 4.79 Å². The maximum Gasteiger partial charge on any atom is 0.283 e. The molecule has 0 radical (unpaired) electrons. The van der Waals surface area contributed by atoms with Crippen LogP contribution in [0.3, 0.4) is 0 Å². The third kappa shape index (κ3) is 7.17. The van der Waals surface area contributed by atoms with Gasteiger partial charge in [-0.15, -0.1) is 0 Å². The van der Waals surface area contributed by atoms with Gasteiger partial charge in [0.15, 0.2) is 0 Å². The summed E-state index contributed by atoms with van der Waals surface area (Å²) in [7, 11) is 0. The zero-order valence-electron chi connectivity index (χ0n) is 7.28. The monoisotopic (exact) mass is 303 g/mol. The van der Waals surface area contributed by atoms with Gasteiger partial charge in [-0.3, -0.25) is 4.79 Å². The summed E-state index contributed by atoms with van der Waals surface area (Å²) in [6.45, 7) is 1.37. The topological polar surface area (TPSA) is 70.0 Å². The van der Waals surface area contributed by atoms with Crippen LogP contribution in [0.4, 0.5) is 4.79 Å². The molecular weight excluding hydrogens is 289 g/mol. The SMILES string of the molecule is O=C(I)N(CCO)CCOCCO. The van der Waals surface area contributed by atoms with Crippen LogP contribution < -0.4 is 0 Å². The largest absolute Gasteiger partial charge is 0.395 e. The van der Waals surface area contributed by atoms with Gasteiger partial charge in [0.05, 0.1) is 26.4 Å². The van der Waals surface area contributed by atoms with E-state index in [-0.39, 0.29) is 23.7 Å². The maximum absolute atomic E-state index is 10.9. The molecule has 0 saturated carbocycles. The van der Waals surface area contributed by atoms with E-state index in [0.717, 1.165) is 0 Å². The van der Waals surface area contributed by atoms with E-state index < -0.39 is 0 Å². The smallest absolute Gasteiger partial charge is 0.283 e. The lowest BCUT2D eigenvalue weighted by molar-refractivity contribution is 0.0787. The third-order valence-corrected chi connectivity index (χ3v) is 2.04. The lowest BCUT2D eigenvalue weighted by Crippen LogP contribution is -2.32. The molecule has 0 rings (SSSR count). The first-order valence-electron chi connectivity index (χ1n) is 3.96. The first-order chi connectivity index (χ1) is 6.22. The molecule has 6 heteroatoms. The Kier molecular flexibility index (Phi) is 8.72. The summed E-state index contributed by atoms with van der Waals surface area (Å²) in [5.74, 6) is 0. The number of halogens is 1. The van der Waals surface area contributed by atoms with Crippen molar-refractivity contribution in [2.75, 3.05) is 39.5 Å². The molecule has 5 nitrogen and oxygen atoms in total. The highest BCUT2D eigenvalue weighted by Crippen LogP contribution is 1.98. The fraction of sp³-hybridized carbons (Fsp3) is 0.857. The first kappa shape index (κ1) is 13.1. The summed E-state index contributed by atoms with van der Waals surface area (Å²) in [5.41, 5.74) is 0. The summed E-state index contributed by atoms with van der Waals surface area (Å²) in [4.78, 5) is 12.4. The zero-order valence-corrected chi connectivity index (χ0v) is 9.44. The van der Waals surface area contributed by atoms with Crippen molar-refractivity contribution in [1.82, 2.24) is 4.90 Å². The van der Waals surface area contributed by atoms with Gasteiger partial charge in [0, 0.05) is 35.7 Å². The molecule has 0 bridgehead atoms. The average Bonchev–Trinajstić information content (AvgIpc) is 2.10. The number of carbonyl (C=O) groups excluding carboxylic acids is 1. The summed E-state index contributed by atoms with van der Waals surface area (Å²) < 4.78 is 4.87. The molecule has 0 aromatic heterocycles. The fourth-order valence-electron chi connectivity index (χ4n) is 0.750. The predicted molar refractivity (Wildman–Crippen MR) is 56.0 cm³/mol. The van der Waals surface area contributed by atoms with Gasteiger partial charge in [0.2, 0.25) is 0 Å². The number of carbonyl (C=O) groups is 1. The molecule has 0 aliphatic heterocycles. The Morgan fingerprint density at radius 2 is 1.92 bits per heavy atom. The lowest BCUT2D eigenvalue weighted by atomic mass is 10.5. The average molecular weight is 303 g/mol. The van der Waals surface area contributed by atoms with Gasteiger partial charge in [-0.05, 0) is 0 Å². The minimum Gasteiger partial charge on any atom is -0.395 e. The van der Waals surface area contributed by atoms with E-state index in [0.29, 0.717) is 19.7 Å². The number of rotatable bonds is 7. The standard InChI is InChI=1S/C7H14INO4/c8-7(12)9(1-3-10)2-5-13-6-4-11/h10-11H,1-6H2. The molecule has 13 heavy (non-hydrogen) atoms. The Morgan fingerprint density at radius 3 is 2.38 bits per heavy atom. The molecule has 0 unspecified atom stereocenters. The van der Waals surface area contributed by atoms with Gasteiger partial charge in [-0.2, -0.15) is 0 Å². The second kappa shape index (κ2) is 8.67. The molecule has 0 spiro atoms. The van der Waals surface area contributed by atoms with E-state index in [2.05, 4.69) is 0 Å².